The van der Waals surface area contributed by atoms with Crippen LogP contribution in [0.4, 0.5) is 0 Å². The van der Waals surface area contributed by atoms with E-state index < -0.39 is 0 Å². The average Bonchev–Trinajstić information content (AvgIpc) is 2.74. The summed E-state index contributed by atoms with van der Waals surface area (Å²) in [5, 5.41) is 3.47. The summed E-state index contributed by atoms with van der Waals surface area (Å²) in [6.07, 6.45) is 13.2. The van der Waals surface area contributed by atoms with Crippen LogP contribution < -0.4 is 5.32 Å². The minimum absolute atomic E-state index is 0.975. The van der Waals surface area contributed by atoms with E-state index in [1.807, 2.05) is 0 Å². The maximum Gasteiger partial charge on any atom is -0.00462 e. The van der Waals surface area contributed by atoms with E-state index in [0.29, 0.717) is 0 Å². The number of hydrogen-bond donors (Lipinski definition) is 1. The van der Waals surface area contributed by atoms with Crippen molar-refractivity contribution < 1.29 is 0 Å². The molecule has 3 aliphatic rings. The molecule has 0 aromatic rings. The molecule has 82 valence electrons. The van der Waals surface area contributed by atoms with Crippen molar-refractivity contribution in [2.45, 2.75) is 38.5 Å². The highest BCUT2D eigenvalue weighted by Crippen LogP contribution is 2.43. The van der Waals surface area contributed by atoms with Gasteiger partial charge in [0.2, 0.25) is 0 Å². The molecule has 1 nitrogen and oxygen atoms in total. The summed E-state index contributed by atoms with van der Waals surface area (Å²) in [5.74, 6) is 1.97. The zero-order valence-electron chi connectivity index (χ0n) is 9.47. The van der Waals surface area contributed by atoms with E-state index in [1.54, 1.807) is 11.1 Å². The van der Waals surface area contributed by atoms with Gasteiger partial charge in [-0.2, -0.15) is 0 Å². The maximum atomic E-state index is 3.47. The van der Waals surface area contributed by atoms with Crippen molar-refractivity contribution in [1.82, 2.24) is 5.32 Å². The van der Waals surface area contributed by atoms with E-state index >= 15 is 0 Å². The normalized spacial score (nSPS) is 28.5. The second kappa shape index (κ2) is 4.13. The van der Waals surface area contributed by atoms with Crippen molar-refractivity contribution in [3.63, 3.8) is 0 Å². The van der Waals surface area contributed by atoms with Crippen LogP contribution in [0.15, 0.2) is 23.3 Å². The largest absolute Gasteiger partial charge is 0.317 e. The van der Waals surface area contributed by atoms with Gasteiger partial charge in [0.15, 0.2) is 0 Å². The smallest absolute Gasteiger partial charge is 0.00462 e. The van der Waals surface area contributed by atoms with Gasteiger partial charge in [0, 0.05) is 0 Å². The monoisotopic (exact) mass is 203 g/mol. The van der Waals surface area contributed by atoms with Gasteiger partial charge in [-0.05, 0) is 74.6 Å². The van der Waals surface area contributed by atoms with Crippen LogP contribution in [0.3, 0.4) is 0 Å². The van der Waals surface area contributed by atoms with Gasteiger partial charge in [0.25, 0.3) is 0 Å². The highest BCUT2D eigenvalue weighted by atomic mass is 14.9. The fraction of sp³-hybridized carbons (Fsp3) is 0.714. The van der Waals surface area contributed by atoms with Crippen molar-refractivity contribution in [3.8, 4) is 0 Å². The van der Waals surface area contributed by atoms with Gasteiger partial charge in [-0.3, -0.25) is 0 Å². The predicted molar refractivity (Wildman–Crippen MR) is 63.7 cm³/mol. The van der Waals surface area contributed by atoms with Crippen LogP contribution in [0, 0.1) is 11.8 Å². The molecule has 1 N–H and O–H groups in total. The van der Waals surface area contributed by atoms with Crippen molar-refractivity contribution in [3.05, 3.63) is 23.3 Å². The molecule has 1 aliphatic heterocycles. The fourth-order valence-corrected chi connectivity index (χ4v) is 3.49. The maximum absolute atomic E-state index is 3.47. The summed E-state index contributed by atoms with van der Waals surface area (Å²) in [7, 11) is 0. The topological polar surface area (TPSA) is 12.0 Å². The number of nitrogens with one attached hydrogen (secondary N) is 1. The SMILES string of the molecule is C1=C2CC(C3CCNCC3)CC2=CCC1. The number of hydrogen-bond acceptors (Lipinski definition) is 1. The minimum atomic E-state index is 0.975. The molecular weight excluding hydrogens is 182 g/mol. The third-order valence-corrected chi connectivity index (χ3v) is 4.38. The van der Waals surface area contributed by atoms with Gasteiger partial charge in [-0.25, -0.2) is 0 Å². The Labute approximate surface area is 92.6 Å². The van der Waals surface area contributed by atoms with E-state index in [4.69, 9.17) is 0 Å². The van der Waals surface area contributed by atoms with Gasteiger partial charge in [-0.1, -0.05) is 12.2 Å². The zero-order chi connectivity index (χ0) is 10.1. The zero-order valence-corrected chi connectivity index (χ0v) is 9.47. The van der Waals surface area contributed by atoms with Gasteiger partial charge in [0.05, 0.1) is 0 Å². The molecule has 0 aromatic carbocycles. The lowest BCUT2D eigenvalue weighted by Crippen LogP contribution is -2.30. The second-order valence-electron chi connectivity index (χ2n) is 5.29. The molecule has 2 aliphatic carbocycles. The van der Waals surface area contributed by atoms with E-state index in [1.165, 1.54) is 51.6 Å². The predicted octanol–water partition coefficient (Wildman–Crippen LogP) is 3.04. The van der Waals surface area contributed by atoms with Crippen molar-refractivity contribution in [2.24, 2.45) is 11.8 Å². The first-order chi connectivity index (χ1) is 7.43. The minimum Gasteiger partial charge on any atom is -0.317 e. The van der Waals surface area contributed by atoms with E-state index in [2.05, 4.69) is 17.5 Å². The number of allylic oxidation sites excluding steroid dienone is 4. The van der Waals surface area contributed by atoms with Crippen LogP contribution in [0.5, 0.6) is 0 Å². The lowest BCUT2D eigenvalue weighted by molar-refractivity contribution is 0.270. The van der Waals surface area contributed by atoms with Gasteiger partial charge in [0.1, 0.15) is 0 Å². The van der Waals surface area contributed by atoms with Gasteiger partial charge >= 0.3 is 0 Å². The molecule has 3 rings (SSSR count). The van der Waals surface area contributed by atoms with Crippen molar-refractivity contribution >= 4 is 0 Å². The fourth-order valence-electron chi connectivity index (χ4n) is 3.49. The molecule has 0 spiro atoms. The standard InChI is InChI=1S/C14H21N/c1-2-4-13-10-14(9-12(13)3-1)11-5-7-15-8-6-11/h3-4,11,14-15H,1-2,5-10H2. The molecule has 0 amide bonds. The second-order valence-corrected chi connectivity index (χ2v) is 5.29. The summed E-state index contributed by atoms with van der Waals surface area (Å²) in [5.41, 5.74) is 3.40. The molecule has 1 heteroatoms. The molecule has 0 aromatic heterocycles. The van der Waals surface area contributed by atoms with Gasteiger partial charge < -0.3 is 5.32 Å². The first-order valence-corrected chi connectivity index (χ1v) is 6.52. The van der Waals surface area contributed by atoms with Crippen LogP contribution in [0.1, 0.15) is 38.5 Å². The summed E-state index contributed by atoms with van der Waals surface area (Å²) in [6, 6.07) is 0. The van der Waals surface area contributed by atoms with Crippen LogP contribution >= 0.6 is 0 Å². The molecule has 0 atom stereocenters. The number of fused-ring (bicyclic) bond motifs is 1. The first kappa shape index (κ1) is 9.65. The van der Waals surface area contributed by atoms with Crippen LogP contribution in [0.2, 0.25) is 0 Å². The Balaban J connectivity index is 1.69. The summed E-state index contributed by atoms with van der Waals surface area (Å²) in [4.78, 5) is 0. The Hall–Kier alpha value is -0.560. The average molecular weight is 203 g/mol. The molecule has 0 radical (unpaired) electrons. The van der Waals surface area contributed by atoms with Gasteiger partial charge in [-0.15, -0.1) is 0 Å². The highest BCUT2D eigenvalue weighted by molar-refractivity contribution is 5.38. The lowest BCUT2D eigenvalue weighted by Gasteiger charge is -2.27. The Morgan fingerprint density at radius 3 is 2.07 bits per heavy atom. The Morgan fingerprint density at radius 1 is 0.867 bits per heavy atom. The van der Waals surface area contributed by atoms with Crippen molar-refractivity contribution in [2.75, 3.05) is 13.1 Å². The molecule has 2 fully saturated rings. The Morgan fingerprint density at radius 2 is 1.47 bits per heavy atom. The lowest BCUT2D eigenvalue weighted by atomic mass is 9.83. The molecule has 0 bridgehead atoms. The van der Waals surface area contributed by atoms with E-state index in [-0.39, 0.29) is 0 Å². The first-order valence-electron chi connectivity index (χ1n) is 6.52. The third kappa shape index (κ3) is 1.90. The Bertz CT molecular complexity index is 272. The van der Waals surface area contributed by atoms with E-state index in [9.17, 15) is 0 Å². The van der Waals surface area contributed by atoms with Crippen LogP contribution in [0.25, 0.3) is 0 Å². The molecular formula is C14H21N. The number of piperidine rings is 1. The summed E-state index contributed by atoms with van der Waals surface area (Å²) < 4.78 is 0. The quantitative estimate of drug-likeness (QED) is 0.690. The highest BCUT2D eigenvalue weighted by Gasteiger charge is 2.31. The summed E-state index contributed by atoms with van der Waals surface area (Å²) >= 11 is 0. The third-order valence-electron chi connectivity index (χ3n) is 4.38. The van der Waals surface area contributed by atoms with Crippen molar-refractivity contribution in [1.29, 1.82) is 0 Å². The number of rotatable bonds is 1. The molecule has 1 heterocycles. The van der Waals surface area contributed by atoms with Crippen LogP contribution in [-0.2, 0) is 0 Å². The molecule has 1 saturated carbocycles. The molecule has 15 heavy (non-hydrogen) atoms. The van der Waals surface area contributed by atoms with Crippen LogP contribution in [-0.4, -0.2) is 13.1 Å². The molecule has 0 unspecified atom stereocenters. The molecule has 1 saturated heterocycles. The Kier molecular flexibility index (Phi) is 2.66. The van der Waals surface area contributed by atoms with E-state index in [0.717, 1.165) is 11.8 Å². The summed E-state index contributed by atoms with van der Waals surface area (Å²) in [6.45, 7) is 2.50.